The number of hydrogen-bond donors (Lipinski definition) is 3. The number of fused-ring (bicyclic) bond motifs is 5. The van der Waals surface area contributed by atoms with Crippen molar-refractivity contribution >= 4 is 17.6 Å². The van der Waals surface area contributed by atoms with Crippen molar-refractivity contribution in [3.8, 4) is 5.75 Å². The van der Waals surface area contributed by atoms with Crippen LogP contribution in [-0.2, 0) is 4.79 Å². The van der Waals surface area contributed by atoms with Gasteiger partial charge in [0.15, 0.2) is 0 Å². The number of carbonyl (C=O) groups is 2. The first-order valence-electron chi connectivity index (χ1n) is 12.0. The van der Waals surface area contributed by atoms with E-state index in [2.05, 4.69) is 35.9 Å². The summed E-state index contributed by atoms with van der Waals surface area (Å²) in [6.45, 7) is 4.74. The minimum absolute atomic E-state index is 0.0490. The van der Waals surface area contributed by atoms with Gasteiger partial charge in [-0.25, -0.2) is 4.79 Å². The third-order valence-electron chi connectivity index (χ3n) is 9.32. The van der Waals surface area contributed by atoms with Crippen LogP contribution in [0.5, 0.6) is 5.75 Å². The van der Waals surface area contributed by atoms with Gasteiger partial charge in [-0.3, -0.25) is 4.79 Å². The molecule has 1 heterocycles. The highest BCUT2D eigenvalue weighted by atomic mass is 16.5. The van der Waals surface area contributed by atoms with Gasteiger partial charge in [-0.1, -0.05) is 26.0 Å². The summed E-state index contributed by atoms with van der Waals surface area (Å²) in [4.78, 5) is 24.7. The van der Waals surface area contributed by atoms with E-state index in [4.69, 9.17) is 4.74 Å². The topological polar surface area (TPSA) is 79.5 Å². The third-order valence-corrected chi connectivity index (χ3v) is 9.32. The van der Waals surface area contributed by atoms with E-state index >= 15 is 0 Å². The van der Waals surface area contributed by atoms with E-state index in [1.807, 2.05) is 24.3 Å². The van der Waals surface area contributed by atoms with Crippen molar-refractivity contribution in [3.05, 3.63) is 36.4 Å². The van der Waals surface area contributed by atoms with Crippen LogP contribution in [0.25, 0.3) is 0 Å². The second kappa shape index (κ2) is 7.82. The van der Waals surface area contributed by atoms with Gasteiger partial charge in [0.25, 0.3) is 0 Å². The molecule has 5 rings (SSSR count). The summed E-state index contributed by atoms with van der Waals surface area (Å²) in [5.41, 5.74) is 0.910. The maximum atomic E-state index is 12.8. The van der Waals surface area contributed by atoms with Crippen molar-refractivity contribution in [2.45, 2.75) is 64.5 Å². The Morgan fingerprint density at radius 2 is 1.97 bits per heavy atom. The fourth-order valence-corrected chi connectivity index (χ4v) is 7.60. The van der Waals surface area contributed by atoms with E-state index in [1.54, 1.807) is 13.2 Å². The lowest BCUT2D eigenvalue weighted by Crippen LogP contribution is -2.60. The van der Waals surface area contributed by atoms with Crippen LogP contribution in [0, 0.1) is 28.6 Å². The molecule has 1 aromatic carbocycles. The zero-order valence-electron chi connectivity index (χ0n) is 19.3. The molecule has 6 heteroatoms. The largest absolute Gasteiger partial charge is 0.497 e. The Balaban J connectivity index is 1.29. The molecule has 6 nitrogen and oxygen atoms in total. The molecular weight excluding hydrogens is 402 g/mol. The van der Waals surface area contributed by atoms with E-state index in [-0.39, 0.29) is 34.9 Å². The van der Waals surface area contributed by atoms with Gasteiger partial charge in [0.05, 0.1) is 7.11 Å². The smallest absolute Gasteiger partial charge is 0.319 e. The van der Waals surface area contributed by atoms with Crippen LogP contribution < -0.4 is 20.7 Å². The average molecular weight is 438 g/mol. The minimum Gasteiger partial charge on any atom is -0.497 e. The lowest BCUT2D eigenvalue weighted by Gasteiger charge is -2.58. The zero-order valence-corrected chi connectivity index (χ0v) is 19.3. The molecule has 32 heavy (non-hydrogen) atoms. The van der Waals surface area contributed by atoms with Crippen molar-refractivity contribution in [1.29, 1.82) is 0 Å². The maximum absolute atomic E-state index is 12.8. The number of rotatable bonds is 3. The normalized spacial score (nSPS) is 39.8. The Hall–Kier alpha value is -2.50. The van der Waals surface area contributed by atoms with E-state index < -0.39 is 0 Å². The molecule has 0 aromatic heterocycles. The lowest BCUT2D eigenvalue weighted by atomic mass is 9.48. The minimum atomic E-state index is -0.138. The van der Waals surface area contributed by atoms with E-state index in [0.29, 0.717) is 17.8 Å². The van der Waals surface area contributed by atoms with Crippen LogP contribution in [0.2, 0.25) is 0 Å². The van der Waals surface area contributed by atoms with Gasteiger partial charge in [0.2, 0.25) is 5.91 Å². The van der Waals surface area contributed by atoms with E-state index in [0.717, 1.165) is 37.1 Å². The fourth-order valence-electron chi connectivity index (χ4n) is 7.60. The Kier molecular flexibility index (Phi) is 5.22. The van der Waals surface area contributed by atoms with Crippen molar-refractivity contribution in [2.24, 2.45) is 28.6 Å². The van der Waals surface area contributed by atoms with Gasteiger partial charge < -0.3 is 20.7 Å². The van der Waals surface area contributed by atoms with Gasteiger partial charge in [-0.2, -0.15) is 0 Å². The van der Waals surface area contributed by atoms with Gasteiger partial charge in [0, 0.05) is 29.3 Å². The molecule has 7 atom stereocenters. The van der Waals surface area contributed by atoms with Gasteiger partial charge in [-0.05, 0) is 79.9 Å². The summed E-state index contributed by atoms with van der Waals surface area (Å²) in [6.07, 6.45) is 10.6. The molecule has 3 saturated carbocycles. The highest BCUT2D eigenvalue weighted by Crippen LogP contribution is 2.63. The number of methoxy groups -OCH3 is 1. The number of benzene rings is 1. The number of carbonyl (C=O) groups excluding carboxylic acids is 2. The molecule has 1 aliphatic heterocycles. The summed E-state index contributed by atoms with van der Waals surface area (Å²) < 4.78 is 5.26. The standard InChI is InChI=1S/C26H35N3O3/c1-25-13-11-20-18(7-9-21-26(20,2)14-12-23(30)28-21)19(25)8-10-22(25)29-24(31)27-16-5-4-6-17(15-16)32-3/h4-6,12,14-15,18-22H,7-11,13H2,1-3H3,(H,28,30)(H2,27,29,31)/t18-,19-,20+,21?,22?,25-,26+/m0/s1. The molecule has 3 aliphatic carbocycles. The quantitative estimate of drug-likeness (QED) is 0.652. The molecule has 0 saturated heterocycles. The SMILES string of the molecule is COc1cccc(NC(=O)NC2CC[C@H]3[C@@H]4CCC5NC(=O)C=C[C@]5(C)[C@@H]4CC[C@]23C)c1. The van der Waals surface area contributed by atoms with Crippen molar-refractivity contribution in [3.63, 3.8) is 0 Å². The van der Waals surface area contributed by atoms with Crippen LogP contribution in [0.3, 0.4) is 0 Å². The number of amides is 3. The van der Waals surface area contributed by atoms with Crippen LogP contribution >= 0.6 is 0 Å². The molecule has 4 aliphatic rings. The monoisotopic (exact) mass is 437 g/mol. The summed E-state index contributed by atoms with van der Waals surface area (Å²) in [7, 11) is 1.62. The number of ether oxygens (including phenoxy) is 1. The van der Waals surface area contributed by atoms with Gasteiger partial charge in [0.1, 0.15) is 5.75 Å². The second-order valence-electron chi connectivity index (χ2n) is 10.7. The van der Waals surface area contributed by atoms with E-state index in [9.17, 15) is 9.59 Å². The summed E-state index contributed by atoms with van der Waals surface area (Å²) in [5.74, 6) is 2.65. The first-order chi connectivity index (χ1) is 15.3. The highest BCUT2D eigenvalue weighted by molar-refractivity contribution is 5.90. The van der Waals surface area contributed by atoms with Crippen molar-refractivity contribution in [1.82, 2.24) is 10.6 Å². The van der Waals surface area contributed by atoms with Crippen molar-refractivity contribution in [2.75, 3.05) is 12.4 Å². The molecule has 1 aromatic rings. The van der Waals surface area contributed by atoms with Crippen LogP contribution in [0.1, 0.15) is 52.4 Å². The maximum Gasteiger partial charge on any atom is 0.319 e. The van der Waals surface area contributed by atoms with Gasteiger partial charge in [-0.15, -0.1) is 0 Å². The third kappa shape index (κ3) is 3.39. The number of hydrogen-bond acceptors (Lipinski definition) is 3. The summed E-state index contributed by atoms with van der Waals surface area (Å²) >= 11 is 0. The van der Waals surface area contributed by atoms with E-state index in [1.165, 1.54) is 12.8 Å². The lowest BCUT2D eigenvalue weighted by molar-refractivity contribution is -0.122. The molecule has 3 N–H and O–H groups in total. The molecular formula is C26H35N3O3. The predicted octanol–water partition coefficient (Wildman–Crippen LogP) is 4.48. The molecule has 3 amide bonds. The predicted molar refractivity (Wildman–Crippen MR) is 124 cm³/mol. The molecule has 0 spiro atoms. The Bertz CT molecular complexity index is 946. The van der Waals surface area contributed by atoms with Crippen LogP contribution in [0.15, 0.2) is 36.4 Å². The Labute approximate surface area is 190 Å². The molecule has 0 bridgehead atoms. The summed E-state index contributed by atoms with van der Waals surface area (Å²) in [6, 6.07) is 7.76. The van der Waals surface area contributed by atoms with Crippen molar-refractivity contribution < 1.29 is 14.3 Å². The molecule has 0 radical (unpaired) electrons. The molecule has 172 valence electrons. The summed E-state index contributed by atoms with van der Waals surface area (Å²) in [5, 5.41) is 9.52. The first-order valence-corrected chi connectivity index (χ1v) is 12.0. The Morgan fingerprint density at radius 1 is 1.12 bits per heavy atom. The first kappa shape index (κ1) is 21.4. The molecule has 3 fully saturated rings. The highest BCUT2D eigenvalue weighted by Gasteiger charge is 2.59. The van der Waals surface area contributed by atoms with Crippen LogP contribution in [0.4, 0.5) is 10.5 Å². The van der Waals surface area contributed by atoms with Crippen LogP contribution in [-0.4, -0.2) is 31.1 Å². The fraction of sp³-hybridized carbons (Fsp3) is 0.615. The second-order valence-corrected chi connectivity index (χ2v) is 10.7. The molecule has 2 unspecified atom stereocenters. The number of urea groups is 1. The number of anilines is 1. The average Bonchev–Trinajstić information content (AvgIpc) is 3.10. The van der Waals surface area contributed by atoms with Gasteiger partial charge >= 0.3 is 6.03 Å². The number of nitrogens with one attached hydrogen (secondary N) is 3. The zero-order chi connectivity index (χ0) is 22.5. The Morgan fingerprint density at radius 3 is 2.78 bits per heavy atom.